The smallest absolute Gasteiger partial charge is 0.313 e. The van der Waals surface area contributed by atoms with Crippen LogP contribution in [0, 0.1) is 0 Å². The molecule has 3 aromatic rings. The molecular formula is C19H20N4O4S. The van der Waals surface area contributed by atoms with Crippen molar-refractivity contribution >= 4 is 28.8 Å². The number of hydrogen-bond acceptors (Lipinski definition) is 6. The third-order valence-electron chi connectivity index (χ3n) is 4.03. The van der Waals surface area contributed by atoms with E-state index >= 15 is 0 Å². The second kappa shape index (κ2) is 9.05. The fourth-order valence-corrected chi connectivity index (χ4v) is 3.44. The van der Waals surface area contributed by atoms with Crippen LogP contribution in [0.5, 0.6) is 11.5 Å². The molecule has 0 bridgehead atoms. The Bertz CT molecular complexity index is 891. The molecule has 9 heteroatoms. The maximum atomic E-state index is 12.3. The normalized spacial score (nSPS) is 11.5. The quantitative estimate of drug-likeness (QED) is 0.594. The molecule has 0 aliphatic carbocycles. The molecule has 0 spiro atoms. The van der Waals surface area contributed by atoms with Crippen molar-refractivity contribution in [3.05, 3.63) is 59.0 Å². The average Bonchev–Trinajstić information content (AvgIpc) is 3.43. The van der Waals surface area contributed by atoms with Crippen LogP contribution in [0.2, 0.25) is 0 Å². The standard InChI is InChI=1S/C19H20N4O4S/c1-26-13-6-7-14(16(11-13)27-2)22-19(25)18(24)20-12-15(17-5-3-10-28-17)23-9-4-8-21-23/h3-11,15H,12H2,1-2H3,(H,20,24)(H,22,25). The summed E-state index contributed by atoms with van der Waals surface area (Å²) < 4.78 is 12.1. The Morgan fingerprint density at radius 1 is 1.18 bits per heavy atom. The van der Waals surface area contributed by atoms with Crippen LogP contribution in [0.25, 0.3) is 0 Å². The lowest BCUT2D eigenvalue weighted by atomic mass is 10.2. The summed E-state index contributed by atoms with van der Waals surface area (Å²) in [5.41, 5.74) is 0.380. The van der Waals surface area contributed by atoms with Crippen LogP contribution in [0.4, 0.5) is 5.69 Å². The number of nitrogens with zero attached hydrogens (tertiary/aromatic N) is 2. The Hall–Kier alpha value is -3.33. The molecule has 1 aromatic carbocycles. The maximum absolute atomic E-state index is 12.3. The first-order valence-electron chi connectivity index (χ1n) is 8.46. The highest BCUT2D eigenvalue weighted by Crippen LogP contribution is 2.29. The summed E-state index contributed by atoms with van der Waals surface area (Å²) in [5.74, 6) is -0.550. The zero-order valence-corrected chi connectivity index (χ0v) is 16.2. The van der Waals surface area contributed by atoms with Crippen LogP contribution in [0.3, 0.4) is 0 Å². The van der Waals surface area contributed by atoms with Gasteiger partial charge in [0.15, 0.2) is 0 Å². The van der Waals surface area contributed by atoms with E-state index in [9.17, 15) is 9.59 Å². The summed E-state index contributed by atoms with van der Waals surface area (Å²) in [6, 6.07) is 10.4. The SMILES string of the molecule is COc1ccc(NC(=O)C(=O)NCC(c2cccs2)n2cccn2)c(OC)c1. The van der Waals surface area contributed by atoms with Gasteiger partial charge in [0.1, 0.15) is 17.5 Å². The zero-order chi connectivity index (χ0) is 19.9. The number of benzene rings is 1. The molecule has 2 N–H and O–H groups in total. The van der Waals surface area contributed by atoms with E-state index in [4.69, 9.17) is 9.47 Å². The van der Waals surface area contributed by atoms with Gasteiger partial charge in [0.25, 0.3) is 0 Å². The van der Waals surface area contributed by atoms with Crippen molar-refractivity contribution in [2.45, 2.75) is 6.04 Å². The number of carbonyl (C=O) groups is 2. The van der Waals surface area contributed by atoms with E-state index in [1.54, 1.807) is 40.4 Å². The number of hydrogen-bond donors (Lipinski definition) is 2. The van der Waals surface area contributed by atoms with Crippen LogP contribution in [0.15, 0.2) is 54.2 Å². The van der Waals surface area contributed by atoms with Gasteiger partial charge in [-0.1, -0.05) is 6.07 Å². The van der Waals surface area contributed by atoms with Gasteiger partial charge in [-0.3, -0.25) is 14.3 Å². The van der Waals surface area contributed by atoms with E-state index in [1.165, 1.54) is 14.2 Å². The maximum Gasteiger partial charge on any atom is 0.313 e. The van der Waals surface area contributed by atoms with Gasteiger partial charge in [0.05, 0.1) is 19.9 Å². The summed E-state index contributed by atoms with van der Waals surface area (Å²) in [7, 11) is 3.00. The Kier molecular flexibility index (Phi) is 6.28. The number of amides is 2. The molecule has 1 atom stereocenters. The van der Waals surface area contributed by atoms with Gasteiger partial charge < -0.3 is 20.1 Å². The van der Waals surface area contributed by atoms with Crippen molar-refractivity contribution in [3.63, 3.8) is 0 Å². The molecule has 3 rings (SSSR count). The van der Waals surface area contributed by atoms with E-state index < -0.39 is 11.8 Å². The summed E-state index contributed by atoms with van der Waals surface area (Å²) in [5, 5.41) is 11.4. The molecule has 0 saturated carbocycles. The highest BCUT2D eigenvalue weighted by molar-refractivity contribution is 7.10. The predicted octanol–water partition coefficient (Wildman–Crippen LogP) is 2.31. The Morgan fingerprint density at radius 3 is 2.68 bits per heavy atom. The van der Waals surface area contributed by atoms with Crippen molar-refractivity contribution < 1.29 is 19.1 Å². The van der Waals surface area contributed by atoms with Crippen LogP contribution in [0.1, 0.15) is 10.9 Å². The van der Waals surface area contributed by atoms with Crippen molar-refractivity contribution in [2.24, 2.45) is 0 Å². The average molecular weight is 400 g/mol. The van der Waals surface area contributed by atoms with Gasteiger partial charge in [-0.05, 0) is 29.6 Å². The number of ether oxygens (including phenoxy) is 2. The van der Waals surface area contributed by atoms with Crippen LogP contribution < -0.4 is 20.1 Å². The fraction of sp³-hybridized carbons (Fsp3) is 0.211. The fourth-order valence-electron chi connectivity index (χ4n) is 2.62. The van der Waals surface area contributed by atoms with Gasteiger partial charge >= 0.3 is 11.8 Å². The minimum absolute atomic E-state index is 0.192. The predicted molar refractivity (Wildman–Crippen MR) is 106 cm³/mol. The molecular weight excluding hydrogens is 380 g/mol. The summed E-state index contributed by atoms with van der Waals surface area (Å²) in [6.07, 6.45) is 3.49. The Labute approximate surface area is 166 Å². The first-order valence-corrected chi connectivity index (χ1v) is 9.34. The van der Waals surface area contributed by atoms with E-state index in [-0.39, 0.29) is 12.6 Å². The Morgan fingerprint density at radius 2 is 2.04 bits per heavy atom. The highest BCUT2D eigenvalue weighted by Gasteiger charge is 2.20. The first-order chi connectivity index (χ1) is 13.6. The zero-order valence-electron chi connectivity index (χ0n) is 15.4. The molecule has 2 aromatic heterocycles. The summed E-state index contributed by atoms with van der Waals surface area (Å²) in [6.45, 7) is 0.230. The van der Waals surface area contributed by atoms with Crippen molar-refractivity contribution in [3.8, 4) is 11.5 Å². The number of rotatable bonds is 7. The second-order valence-electron chi connectivity index (χ2n) is 5.75. The van der Waals surface area contributed by atoms with Gasteiger partial charge in [-0.2, -0.15) is 5.10 Å². The molecule has 1 unspecified atom stereocenters. The molecule has 0 saturated heterocycles. The van der Waals surface area contributed by atoms with Crippen molar-refractivity contribution in [1.29, 1.82) is 0 Å². The highest BCUT2D eigenvalue weighted by atomic mass is 32.1. The molecule has 0 aliphatic rings. The molecule has 2 heterocycles. The van der Waals surface area contributed by atoms with Gasteiger partial charge in [0.2, 0.25) is 0 Å². The second-order valence-corrected chi connectivity index (χ2v) is 6.73. The van der Waals surface area contributed by atoms with Crippen molar-refractivity contribution in [1.82, 2.24) is 15.1 Å². The monoisotopic (exact) mass is 400 g/mol. The van der Waals surface area contributed by atoms with Crippen LogP contribution in [-0.2, 0) is 9.59 Å². The van der Waals surface area contributed by atoms with Gasteiger partial charge in [-0.15, -0.1) is 11.3 Å². The third kappa shape index (κ3) is 4.49. The number of nitrogens with one attached hydrogen (secondary N) is 2. The molecule has 28 heavy (non-hydrogen) atoms. The molecule has 8 nitrogen and oxygen atoms in total. The summed E-state index contributed by atoms with van der Waals surface area (Å²) in [4.78, 5) is 25.6. The Balaban J connectivity index is 1.65. The first kappa shape index (κ1) is 19.4. The lowest BCUT2D eigenvalue weighted by Gasteiger charge is -2.17. The van der Waals surface area contributed by atoms with Crippen LogP contribution >= 0.6 is 11.3 Å². The van der Waals surface area contributed by atoms with E-state index in [1.807, 2.05) is 29.8 Å². The lowest BCUT2D eigenvalue weighted by Crippen LogP contribution is -2.38. The van der Waals surface area contributed by atoms with E-state index in [2.05, 4.69) is 15.7 Å². The van der Waals surface area contributed by atoms with Crippen molar-refractivity contribution in [2.75, 3.05) is 26.1 Å². The number of thiophene rings is 1. The number of carbonyl (C=O) groups excluding carboxylic acids is 2. The van der Waals surface area contributed by atoms with Gasteiger partial charge in [0, 0.05) is 29.9 Å². The number of anilines is 1. The molecule has 0 radical (unpaired) electrons. The molecule has 0 aliphatic heterocycles. The molecule has 2 amide bonds. The minimum atomic E-state index is -0.783. The molecule has 0 fully saturated rings. The topological polar surface area (TPSA) is 94.5 Å². The van der Waals surface area contributed by atoms with E-state index in [0.29, 0.717) is 17.2 Å². The summed E-state index contributed by atoms with van der Waals surface area (Å²) >= 11 is 1.56. The minimum Gasteiger partial charge on any atom is -0.497 e. The van der Waals surface area contributed by atoms with E-state index in [0.717, 1.165) is 4.88 Å². The van der Waals surface area contributed by atoms with Crippen LogP contribution in [-0.4, -0.2) is 42.4 Å². The number of aromatic nitrogens is 2. The third-order valence-corrected chi connectivity index (χ3v) is 5.01. The number of methoxy groups -OCH3 is 2. The van der Waals surface area contributed by atoms with Gasteiger partial charge in [-0.25, -0.2) is 0 Å². The lowest BCUT2D eigenvalue weighted by molar-refractivity contribution is -0.136. The largest absolute Gasteiger partial charge is 0.497 e. The molecule has 146 valence electrons.